The fraction of sp³-hybridized carbons (Fsp3) is 0.227. The Labute approximate surface area is 175 Å². The minimum atomic E-state index is -1.14. The van der Waals surface area contributed by atoms with Crippen LogP contribution in [-0.4, -0.2) is 22.2 Å². The Hall–Kier alpha value is -2.77. The highest BCUT2D eigenvalue weighted by atomic mass is 32.2. The highest BCUT2D eigenvalue weighted by Crippen LogP contribution is 2.31. The average Bonchev–Trinajstić information content (AvgIpc) is 3.02. The van der Waals surface area contributed by atoms with Crippen LogP contribution >= 0.6 is 11.9 Å². The summed E-state index contributed by atoms with van der Waals surface area (Å²) in [6, 6.07) is 10.0. The van der Waals surface area contributed by atoms with Crippen molar-refractivity contribution < 1.29 is 4.39 Å². The number of nitrogens with zero attached hydrogens (tertiary/aromatic N) is 2. The fourth-order valence-electron chi connectivity index (χ4n) is 2.93. The second-order valence-corrected chi connectivity index (χ2v) is 7.84. The summed E-state index contributed by atoms with van der Waals surface area (Å²) >= 11 is 1.60. The standard InChI is InChI=1S/C22H26FN5S/c1-15(24)6-9-21(16(2)23)27-18-7-8-20-17(12-25-3)14-28(22(20)11-18)29-19-5-4-10-26-13-19/h4-11,13-14,16,25,27H,12,24H2,1-3H3/b15-6-,21-9+. The van der Waals surface area contributed by atoms with Crippen molar-refractivity contribution in [3.05, 3.63) is 78.0 Å². The predicted octanol–water partition coefficient (Wildman–Crippen LogP) is 4.83. The van der Waals surface area contributed by atoms with Crippen molar-refractivity contribution in [2.75, 3.05) is 12.4 Å². The average molecular weight is 412 g/mol. The molecule has 0 bridgehead atoms. The van der Waals surface area contributed by atoms with Crippen molar-refractivity contribution >= 4 is 28.5 Å². The summed E-state index contributed by atoms with van der Waals surface area (Å²) in [6.07, 6.45) is 7.96. The number of allylic oxidation sites excluding steroid dienone is 4. The summed E-state index contributed by atoms with van der Waals surface area (Å²) in [6.45, 7) is 4.04. The van der Waals surface area contributed by atoms with Gasteiger partial charge in [-0.3, -0.25) is 8.96 Å². The third-order valence-electron chi connectivity index (χ3n) is 4.30. The Morgan fingerprint density at radius 3 is 2.83 bits per heavy atom. The number of pyridine rings is 1. The molecule has 0 aliphatic rings. The van der Waals surface area contributed by atoms with Gasteiger partial charge in [-0.05, 0) is 74.8 Å². The monoisotopic (exact) mass is 411 g/mol. The molecule has 1 aromatic carbocycles. The first-order valence-electron chi connectivity index (χ1n) is 9.40. The zero-order valence-corrected chi connectivity index (χ0v) is 17.6. The number of rotatable bonds is 8. The van der Waals surface area contributed by atoms with Gasteiger partial charge in [0.2, 0.25) is 0 Å². The van der Waals surface area contributed by atoms with Gasteiger partial charge in [-0.25, -0.2) is 4.39 Å². The molecule has 0 spiro atoms. The second-order valence-electron chi connectivity index (χ2n) is 6.80. The van der Waals surface area contributed by atoms with Gasteiger partial charge in [0.05, 0.1) is 5.52 Å². The number of anilines is 1. The Balaban J connectivity index is 1.99. The van der Waals surface area contributed by atoms with Gasteiger partial charge in [0.25, 0.3) is 0 Å². The molecule has 4 N–H and O–H groups in total. The molecule has 3 rings (SSSR count). The van der Waals surface area contributed by atoms with Gasteiger partial charge in [0.1, 0.15) is 6.17 Å². The van der Waals surface area contributed by atoms with Crippen molar-refractivity contribution in [2.24, 2.45) is 5.73 Å². The van der Waals surface area contributed by atoms with Crippen molar-refractivity contribution in [2.45, 2.75) is 31.5 Å². The van der Waals surface area contributed by atoms with Crippen LogP contribution in [0.2, 0.25) is 0 Å². The van der Waals surface area contributed by atoms with Gasteiger partial charge >= 0.3 is 0 Å². The van der Waals surface area contributed by atoms with E-state index in [1.54, 1.807) is 37.2 Å². The molecule has 1 unspecified atom stereocenters. The van der Waals surface area contributed by atoms with Crippen LogP contribution in [0.1, 0.15) is 19.4 Å². The van der Waals surface area contributed by atoms with Crippen molar-refractivity contribution in [1.82, 2.24) is 14.3 Å². The lowest BCUT2D eigenvalue weighted by molar-refractivity contribution is 0.413. The summed E-state index contributed by atoms with van der Waals surface area (Å²) in [5.74, 6) is 0. The lowest BCUT2D eigenvalue weighted by Crippen LogP contribution is -2.09. The lowest BCUT2D eigenvalue weighted by Gasteiger charge is -2.13. The number of hydrogen-bond acceptors (Lipinski definition) is 5. The van der Waals surface area contributed by atoms with E-state index in [-0.39, 0.29) is 0 Å². The van der Waals surface area contributed by atoms with E-state index in [0.29, 0.717) is 11.4 Å². The summed E-state index contributed by atoms with van der Waals surface area (Å²) in [4.78, 5) is 5.23. The summed E-state index contributed by atoms with van der Waals surface area (Å²) in [7, 11) is 1.93. The topological polar surface area (TPSA) is 67.9 Å². The van der Waals surface area contributed by atoms with Crippen molar-refractivity contribution in [1.29, 1.82) is 0 Å². The SMILES string of the molecule is CNCc1cn(Sc2cccnc2)c2cc(N/C(=C/C=C(/C)N)C(C)F)ccc12. The van der Waals surface area contributed by atoms with Crippen LogP contribution in [0.3, 0.4) is 0 Å². The van der Waals surface area contributed by atoms with Crippen LogP contribution in [-0.2, 0) is 6.54 Å². The van der Waals surface area contributed by atoms with Crippen LogP contribution in [0.4, 0.5) is 10.1 Å². The summed E-state index contributed by atoms with van der Waals surface area (Å²) in [5, 5.41) is 7.56. The number of halogens is 1. The molecular formula is C22H26FN5S. The third-order valence-corrected chi connectivity index (χ3v) is 5.25. The maximum Gasteiger partial charge on any atom is 0.137 e. The minimum Gasteiger partial charge on any atom is -0.402 e. The molecule has 0 amide bonds. The number of nitrogens with two attached hydrogens (primary N) is 1. The molecule has 7 heteroatoms. The molecule has 29 heavy (non-hydrogen) atoms. The van der Waals surface area contributed by atoms with Gasteiger partial charge in [0, 0.05) is 52.5 Å². The van der Waals surface area contributed by atoms with E-state index < -0.39 is 6.17 Å². The van der Waals surface area contributed by atoms with Crippen molar-refractivity contribution in [3.63, 3.8) is 0 Å². The highest BCUT2D eigenvalue weighted by molar-refractivity contribution is 7.98. The number of fused-ring (bicyclic) bond motifs is 1. The molecule has 0 aliphatic heterocycles. The number of alkyl halides is 1. The van der Waals surface area contributed by atoms with Crippen LogP contribution in [0.25, 0.3) is 10.9 Å². The number of benzene rings is 1. The molecule has 2 aromatic heterocycles. The Kier molecular flexibility index (Phi) is 6.95. The van der Waals surface area contributed by atoms with E-state index in [0.717, 1.165) is 28.0 Å². The molecule has 3 aromatic rings. The van der Waals surface area contributed by atoms with E-state index in [1.807, 2.05) is 37.5 Å². The quantitative estimate of drug-likeness (QED) is 0.463. The molecule has 2 heterocycles. The van der Waals surface area contributed by atoms with E-state index in [9.17, 15) is 4.39 Å². The van der Waals surface area contributed by atoms with Gasteiger partial charge in [-0.1, -0.05) is 6.07 Å². The number of hydrogen-bond donors (Lipinski definition) is 3. The zero-order chi connectivity index (χ0) is 20.8. The van der Waals surface area contributed by atoms with Gasteiger partial charge in [0.15, 0.2) is 0 Å². The zero-order valence-electron chi connectivity index (χ0n) is 16.8. The normalized spacial score (nSPS) is 13.7. The maximum absolute atomic E-state index is 14.1. The summed E-state index contributed by atoms with van der Waals surface area (Å²) < 4.78 is 16.2. The van der Waals surface area contributed by atoms with Crippen LogP contribution in [0, 0.1) is 0 Å². The Bertz CT molecular complexity index is 1020. The molecular weight excluding hydrogens is 385 g/mol. The van der Waals surface area contributed by atoms with Crippen LogP contribution < -0.4 is 16.4 Å². The summed E-state index contributed by atoms with van der Waals surface area (Å²) in [5.41, 5.74) is 9.83. The molecule has 1 atom stereocenters. The largest absolute Gasteiger partial charge is 0.402 e. The first kappa shape index (κ1) is 21.0. The number of nitrogens with one attached hydrogen (secondary N) is 2. The number of aromatic nitrogens is 2. The molecule has 152 valence electrons. The van der Waals surface area contributed by atoms with Crippen LogP contribution in [0.15, 0.2) is 77.4 Å². The molecule has 0 saturated carbocycles. The highest BCUT2D eigenvalue weighted by Gasteiger charge is 2.12. The Morgan fingerprint density at radius 2 is 2.17 bits per heavy atom. The lowest BCUT2D eigenvalue weighted by atomic mass is 10.1. The maximum atomic E-state index is 14.1. The predicted molar refractivity (Wildman–Crippen MR) is 120 cm³/mol. The van der Waals surface area contributed by atoms with E-state index in [4.69, 9.17) is 5.73 Å². The Morgan fingerprint density at radius 1 is 1.34 bits per heavy atom. The molecule has 5 nitrogen and oxygen atoms in total. The van der Waals surface area contributed by atoms with Gasteiger partial charge in [-0.15, -0.1) is 0 Å². The first-order chi connectivity index (χ1) is 14.0. The minimum absolute atomic E-state index is 0.461. The first-order valence-corrected chi connectivity index (χ1v) is 10.2. The molecule has 0 aliphatic carbocycles. The van der Waals surface area contributed by atoms with E-state index >= 15 is 0 Å². The fourth-order valence-corrected chi connectivity index (χ4v) is 3.83. The molecule has 0 saturated heterocycles. The smallest absolute Gasteiger partial charge is 0.137 e. The van der Waals surface area contributed by atoms with Crippen molar-refractivity contribution in [3.8, 4) is 0 Å². The van der Waals surface area contributed by atoms with E-state index in [1.165, 1.54) is 12.5 Å². The van der Waals surface area contributed by atoms with Crippen LogP contribution in [0.5, 0.6) is 0 Å². The molecule has 0 radical (unpaired) electrons. The van der Waals surface area contributed by atoms with E-state index in [2.05, 4.69) is 31.9 Å². The van der Waals surface area contributed by atoms with Gasteiger partial charge in [-0.2, -0.15) is 0 Å². The molecule has 0 fully saturated rings. The third kappa shape index (κ3) is 5.40. The second kappa shape index (κ2) is 9.62. The van der Waals surface area contributed by atoms with Gasteiger partial charge < -0.3 is 16.4 Å².